The van der Waals surface area contributed by atoms with E-state index < -0.39 is 0 Å². The van der Waals surface area contributed by atoms with Crippen molar-refractivity contribution in [3.63, 3.8) is 0 Å². The fourth-order valence-electron chi connectivity index (χ4n) is 6.84. The van der Waals surface area contributed by atoms with Gasteiger partial charge in [-0.1, -0.05) is 72.8 Å². The van der Waals surface area contributed by atoms with Crippen molar-refractivity contribution < 1.29 is 0 Å². The molecule has 5 heteroatoms. The van der Waals surface area contributed by atoms with Crippen molar-refractivity contribution in [1.29, 1.82) is 0 Å². The summed E-state index contributed by atoms with van der Waals surface area (Å²) in [5, 5.41) is 7.31. The number of aliphatic imine (C=N–C) groups is 2. The summed E-state index contributed by atoms with van der Waals surface area (Å²) >= 11 is 0. The first kappa shape index (κ1) is 26.1. The van der Waals surface area contributed by atoms with Gasteiger partial charge in [0.25, 0.3) is 0 Å². The van der Waals surface area contributed by atoms with E-state index in [4.69, 9.17) is 4.98 Å². The summed E-state index contributed by atoms with van der Waals surface area (Å²) in [5.41, 5.74) is 8.13. The summed E-state index contributed by atoms with van der Waals surface area (Å²) in [7, 11) is 1.79. The Labute approximate surface area is 256 Å². The summed E-state index contributed by atoms with van der Waals surface area (Å²) in [6, 6.07) is 39.2. The van der Waals surface area contributed by atoms with Gasteiger partial charge in [-0.25, -0.2) is 4.98 Å². The van der Waals surface area contributed by atoms with Crippen molar-refractivity contribution in [3.8, 4) is 16.8 Å². The average molecular weight is 570 g/mol. The molecule has 2 aromatic heterocycles. The molecule has 3 heterocycles. The van der Waals surface area contributed by atoms with Crippen LogP contribution in [0.3, 0.4) is 0 Å². The normalized spacial score (nSPS) is 14.1. The first-order chi connectivity index (χ1) is 21.7. The SMILES string of the molecule is CN=CC1=NCCN1/C=C(\C)c1c2ccccc2c(-c2ccc3c(c2)c2cccnc2n3-c2ccccc2)c2ccccc12. The molecule has 0 N–H and O–H groups in total. The maximum atomic E-state index is 4.82. The minimum absolute atomic E-state index is 0.782. The minimum atomic E-state index is 0.782. The van der Waals surface area contributed by atoms with Crippen LogP contribution in [0.25, 0.3) is 65.9 Å². The monoisotopic (exact) mass is 569 g/mol. The zero-order valence-corrected chi connectivity index (χ0v) is 24.8. The van der Waals surface area contributed by atoms with Gasteiger partial charge in [0.05, 0.1) is 18.3 Å². The lowest BCUT2D eigenvalue weighted by atomic mass is 9.86. The Balaban J connectivity index is 1.39. The topological polar surface area (TPSA) is 45.8 Å². The molecule has 1 aliphatic rings. The van der Waals surface area contributed by atoms with Gasteiger partial charge < -0.3 is 4.90 Å². The van der Waals surface area contributed by atoms with E-state index in [0.29, 0.717) is 0 Å². The van der Waals surface area contributed by atoms with E-state index >= 15 is 0 Å². The Bertz CT molecular complexity index is 2250. The van der Waals surface area contributed by atoms with Gasteiger partial charge in [-0.3, -0.25) is 14.6 Å². The number of amidine groups is 1. The molecule has 0 aliphatic carbocycles. The number of pyridine rings is 1. The molecule has 0 fully saturated rings. The van der Waals surface area contributed by atoms with Crippen LogP contribution in [0.15, 0.2) is 132 Å². The maximum Gasteiger partial charge on any atom is 0.145 e. The lowest BCUT2D eigenvalue weighted by Crippen LogP contribution is -2.23. The van der Waals surface area contributed by atoms with Crippen molar-refractivity contribution in [3.05, 3.63) is 127 Å². The van der Waals surface area contributed by atoms with Crippen LogP contribution in [0.5, 0.6) is 0 Å². The lowest BCUT2D eigenvalue weighted by Gasteiger charge is -2.20. The van der Waals surface area contributed by atoms with Crippen molar-refractivity contribution in [2.75, 3.05) is 20.1 Å². The summed E-state index contributed by atoms with van der Waals surface area (Å²) in [6.45, 7) is 3.85. The summed E-state index contributed by atoms with van der Waals surface area (Å²) in [4.78, 5) is 15.9. The molecular weight excluding hydrogens is 538 g/mol. The van der Waals surface area contributed by atoms with E-state index in [0.717, 1.165) is 41.2 Å². The average Bonchev–Trinajstić information content (AvgIpc) is 3.65. The van der Waals surface area contributed by atoms with Gasteiger partial charge in [-0.05, 0) is 87.1 Å². The molecule has 0 amide bonds. The standard InChI is InChI=1S/C39H31N5/c1-26(25-43-22-21-41-36(43)24-40-2)37-29-13-6-8-15-31(29)38(32-16-9-7-14-30(32)37)27-18-19-35-34(23-27)33-17-10-20-42-39(33)44(35)28-11-4-3-5-12-28/h3-20,23-25H,21-22H2,1-2H3/b26-25+,40-24?. The Kier molecular flexibility index (Phi) is 6.30. The van der Waals surface area contributed by atoms with E-state index in [-0.39, 0.29) is 0 Å². The van der Waals surface area contributed by atoms with Gasteiger partial charge in [-0.2, -0.15) is 0 Å². The molecule has 5 aromatic carbocycles. The highest BCUT2D eigenvalue weighted by Gasteiger charge is 2.20. The van der Waals surface area contributed by atoms with Crippen molar-refractivity contribution >= 4 is 61.1 Å². The highest BCUT2D eigenvalue weighted by molar-refractivity contribution is 6.30. The first-order valence-corrected chi connectivity index (χ1v) is 15.0. The Hall–Kier alpha value is -5.55. The van der Waals surface area contributed by atoms with Gasteiger partial charge in [0.1, 0.15) is 11.5 Å². The number of allylic oxidation sites excluding steroid dienone is 1. The molecule has 0 bridgehead atoms. The van der Waals surface area contributed by atoms with Crippen LogP contribution in [0.2, 0.25) is 0 Å². The maximum absolute atomic E-state index is 4.82. The molecule has 0 unspecified atom stereocenters. The molecule has 8 rings (SSSR count). The van der Waals surface area contributed by atoms with Gasteiger partial charge in [0.2, 0.25) is 0 Å². The quantitative estimate of drug-likeness (QED) is 0.153. The highest BCUT2D eigenvalue weighted by Crippen LogP contribution is 2.43. The third-order valence-electron chi connectivity index (χ3n) is 8.66. The van der Waals surface area contributed by atoms with Crippen LogP contribution in [-0.4, -0.2) is 46.6 Å². The first-order valence-electron chi connectivity index (χ1n) is 15.0. The number of para-hydroxylation sites is 1. The molecule has 212 valence electrons. The van der Waals surface area contributed by atoms with Crippen LogP contribution in [-0.2, 0) is 0 Å². The third-order valence-corrected chi connectivity index (χ3v) is 8.66. The van der Waals surface area contributed by atoms with Gasteiger partial charge >= 0.3 is 0 Å². The van der Waals surface area contributed by atoms with Crippen LogP contribution >= 0.6 is 0 Å². The zero-order valence-electron chi connectivity index (χ0n) is 24.8. The van der Waals surface area contributed by atoms with Crippen LogP contribution < -0.4 is 0 Å². The molecule has 0 spiro atoms. The van der Waals surface area contributed by atoms with E-state index in [2.05, 4.69) is 136 Å². The van der Waals surface area contributed by atoms with E-state index in [1.807, 2.05) is 18.5 Å². The molecular formula is C39H31N5. The fraction of sp³-hybridized carbons (Fsp3) is 0.103. The number of benzene rings is 5. The molecule has 0 atom stereocenters. The highest BCUT2D eigenvalue weighted by atomic mass is 15.2. The molecule has 7 aromatic rings. The fourth-order valence-corrected chi connectivity index (χ4v) is 6.84. The number of fused-ring (bicyclic) bond motifs is 5. The Morgan fingerprint density at radius 1 is 0.750 bits per heavy atom. The smallest absolute Gasteiger partial charge is 0.145 e. The van der Waals surface area contributed by atoms with Crippen molar-refractivity contribution in [1.82, 2.24) is 14.5 Å². The zero-order chi connectivity index (χ0) is 29.6. The third kappa shape index (κ3) is 4.12. The molecule has 5 nitrogen and oxygen atoms in total. The van der Waals surface area contributed by atoms with E-state index in [1.165, 1.54) is 49.2 Å². The lowest BCUT2D eigenvalue weighted by molar-refractivity contribution is 0.619. The number of hydrogen-bond donors (Lipinski definition) is 0. The second-order valence-corrected chi connectivity index (χ2v) is 11.3. The molecule has 0 radical (unpaired) electrons. The largest absolute Gasteiger partial charge is 0.330 e. The summed E-state index contributed by atoms with van der Waals surface area (Å²) < 4.78 is 2.26. The Morgan fingerprint density at radius 3 is 2.16 bits per heavy atom. The minimum Gasteiger partial charge on any atom is -0.330 e. The molecule has 0 saturated carbocycles. The number of rotatable bonds is 5. The summed E-state index contributed by atoms with van der Waals surface area (Å²) in [5.74, 6) is 0.912. The predicted octanol–water partition coefficient (Wildman–Crippen LogP) is 8.93. The second kappa shape index (κ2) is 10.6. The number of nitrogens with zero attached hydrogens (tertiary/aromatic N) is 5. The van der Waals surface area contributed by atoms with Gasteiger partial charge in [-0.15, -0.1) is 0 Å². The summed E-state index contributed by atoms with van der Waals surface area (Å²) in [6.07, 6.45) is 5.96. The van der Waals surface area contributed by atoms with Gasteiger partial charge in [0.15, 0.2) is 0 Å². The molecule has 0 saturated heterocycles. The number of aromatic nitrogens is 2. The van der Waals surface area contributed by atoms with Gasteiger partial charge in [0, 0.05) is 42.4 Å². The van der Waals surface area contributed by atoms with E-state index in [9.17, 15) is 0 Å². The molecule has 1 aliphatic heterocycles. The Morgan fingerprint density at radius 2 is 1.43 bits per heavy atom. The van der Waals surface area contributed by atoms with Crippen molar-refractivity contribution in [2.45, 2.75) is 6.92 Å². The van der Waals surface area contributed by atoms with Crippen LogP contribution in [0.4, 0.5) is 0 Å². The molecule has 44 heavy (non-hydrogen) atoms. The van der Waals surface area contributed by atoms with E-state index in [1.54, 1.807) is 7.05 Å². The second-order valence-electron chi connectivity index (χ2n) is 11.3. The number of hydrogen-bond acceptors (Lipinski definition) is 4. The van der Waals surface area contributed by atoms with Crippen LogP contribution in [0, 0.1) is 0 Å². The van der Waals surface area contributed by atoms with Crippen LogP contribution in [0.1, 0.15) is 12.5 Å². The van der Waals surface area contributed by atoms with Crippen molar-refractivity contribution in [2.24, 2.45) is 9.98 Å². The predicted molar refractivity (Wildman–Crippen MR) is 186 cm³/mol.